The minimum Gasteiger partial charge on any atom is -0.491 e. The van der Waals surface area contributed by atoms with Crippen molar-refractivity contribution in [2.75, 3.05) is 19.7 Å². The first-order chi connectivity index (χ1) is 10.3. The zero-order valence-corrected chi connectivity index (χ0v) is 12.2. The number of rotatable bonds is 9. The molecule has 6 heteroatoms. The zero-order chi connectivity index (χ0) is 14.9. The fourth-order valence-corrected chi connectivity index (χ4v) is 1.84. The number of hydrogen-bond donors (Lipinski definition) is 2. The van der Waals surface area contributed by atoms with E-state index in [0.717, 1.165) is 12.2 Å². The molecule has 0 aliphatic carbocycles. The van der Waals surface area contributed by atoms with Gasteiger partial charge in [-0.1, -0.05) is 24.2 Å². The molecule has 0 spiro atoms. The maximum atomic E-state index is 9.83. The van der Waals surface area contributed by atoms with Crippen LogP contribution < -0.4 is 10.1 Å². The first-order valence-electron chi connectivity index (χ1n) is 7.13. The van der Waals surface area contributed by atoms with Gasteiger partial charge in [-0.05, 0) is 24.1 Å². The highest BCUT2D eigenvalue weighted by molar-refractivity contribution is 5.27. The number of aliphatic hydroxyl groups is 1. The van der Waals surface area contributed by atoms with Gasteiger partial charge < -0.3 is 19.7 Å². The first-order valence-corrected chi connectivity index (χ1v) is 7.13. The lowest BCUT2D eigenvalue weighted by Gasteiger charge is -2.13. The molecule has 1 aromatic carbocycles. The van der Waals surface area contributed by atoms with Crippen LogP contribution in [0.15, 0.2) is 35.2 Å². The third-order valence-electron chi connectivity index (χ3n) is 3.09. The Bertz CT molecular complexity index is 499. The predicted molar refractivity (Wildman–Crippen MR) is 78.2 cm³/mol. The molecule has 0 amide bonds. The lowest BCUT2D eigenvalue weighted by atomic mass is 10.2. The summed E-state index contributed by atoms with van der Waals surface area (Å²) in [5.74, 6) is 1.43. The normalized spacial score (nSPS) is 12.3. The van der Waals surface area contributed by atoms with Crippen LogP contribution in [0.5, 0.6) is 5.75 Å². The van der Waals surface area contributed by atoms with Crippen LogP contribution in [0.2, 0.25) is 0 Å². The Morgan fingerprint density at radius 1 is 1.33 bits per heavy atom. The van der Waals surface area contributed by atoms with Crippen molar-refractivity contribution in [3.63, 3.8) is 0 Å². The standard InChI is InChI=1S/C15H21N3O3/c1-2-12-3-5-14(6-4-12)20-10-13(19)9-16-8-7-15-17-11-21-18-15/h3-6,11,13,16,19H,2,7-10H2,1H3. The van der Waals surface area contributed by atoms with E-state index in [1.165, 1.54) is 12.0 Å². The molecule has 1 heterocycles. The smallest absolute Gasteiger partial charge is 0.213 e. The molecule has 0 aliphatic heterocycles. The molecular weight excluding hydrogens is 270 g/mol. The van der Waals surface area contributed by atoms with Crippen molar-refractivity contribution < 1.29 is 14.4 Å². The number of ether oxygens (including phenoxy) is 1. The van der Waals surface area contributed by atoms with Crippen molar-refractivity contribution in [1.29, 1.82) is 0 Å². The van der Waals surface area contributed by atoms with E-state index in [2.05, 4.69) is 26.9 Å². The molecule has 1 unspecified atom stereocenters. The number of nitrogens with zero attached hydrogens (tertiary/aromatic N) is 2. The number of aromatic nitrogens is 2. The van der Waals surface area contributed by atoms with Crippen molar-refractivity contribution >= 4 is 0 Å². The average molecular weight is 291 g/mol. The van der Waals surface area contributed by atoms with E-state index in [9.17, 15) is 5.11 Å². The number of aliphatic hydroxyl groups excluding tert-OH is 1. The van der Waals surface area contributed by atoms with Crippen LogP contribution in [-0.4, -0.2) is 41.0 Å². The summed E-state index contributed by atoms with van der Waals surface area (Å²) in [6.45, 7) is 3.52. The molecule has 0 radical (unpaired) electrons. The van der Waals surface area contributed by atoms with Crippen molar-refractivity contribution in [3.8, 4) is 5.75 Å². The largest absolute Gasteiger partial charge is 0.491 e. The molecule has 1 aromatic heterocycles. The van der Waals surface area contributed by atoms with E-state index >= 15 is 0 Å². The third-order valence-corrected chi connectivity index (χ3v) is 3.09. The molecule has 0 aliphatic rings. The molecule has 0 fully saturated rings. The Kier molecular flexibility index (Phi) is 6.18. The highest BCUT2D eigenvalue weighted by atomic mass is 16.5. The number of aryl methyl sites for hydroxylation is 1. The summed E-state index contributed by atoms with van der Waals surface area (Å²) in [6, 6.07) is 7.92. The van der Waals surface area contributed by atoms with Crippen LogP contribution in [-0.2, 0) is 12.8 Å². The highest BCUT2D eigenvalue weighted by Gasteiger charge is 2.05. The second kappa shape index (κ2) is 8.39. The van der Waals surface area contributed by atoms with Gasteiger partial charge in [-0.15, -0.1) is 0 Å². The van der Waals surface area contributed by atoms with Crippen molar-refractivity contribution in [2.24, 2.45) is 0 Å². The summed E-state index contributed by atoms with van der Waals surface area (Å²) >= 11 is 0. The second-order valence-corrected chi connectivity index (χ2v) is 4.76. The Hall–Kier alpha value is -1.92. The van der Waals surface area contributed by atoms with Crippen molar-refractivity contribution in [2.45, 2.75) is 25.9 Å². The monoisotopic (exact) mass is 291 g/mol. The van der Waals surface area contributed by atoms with E-state index < -0.39 is 6.10 Å². The maximum absolute atomic E-state index is 9.83. The summed E-state index contributed by atoms with van der Waals surface area (Å²) < 4.78 is 10.2. The Balaban J connectivity index is 1.59. The van der Waals surface area contributed by atoms with Gasteiger partial charge in [-0.3, -0.25) is 0 Å². The zero-order valence-electron chi connectivity index (χ0n) is 12.2. The molecule has 1 atom stereocenters. The predicted octanol–water partition coefficient (Wildman–Crippen LogP) is 1.20. The van der Waals surface area contributed by atoms with Gasteiger partial charge in [0.15, 0.2) is 5.82 Å². The topological polar surface area (TPSA) is 80.4 Å². The van der Waals surface area contributed by atoms with Gasteiger partial charge in [0.05, 0.1) is 0 Å². The molecular formula is C15H21N3O3. The summed E-state index contributed by atoms with van der Waals surface area (Å²) in [6.07, 6.45) is 2.43. The SMILES string of the molecule is CCc1ccc(OCC(O)CNCCc2ncon2)cc1. The highest BCUT2D eigenvalue weighted by Crippen LogP contribution is 2.12. The minimum atomic E-state index is -0.555. The van der Waals surface area contributed by atoms with E-state index in [-0.39, 0.29) is 6.61 Å². The molecule has 0 saturated heterocycles. The number of hydrogen-bond acceptors (Lipinski definition) is 6. The molecule has 114 valence electrons. The van der Waals surface area contributed by atoms with Gasteiger partial charge in [0.1, 0.15) is 18.5 Å². The van der Waals surface area contributed by atoms with Crippen LogP contribution >= 0.6 is 0 Å². The van der Waals surface area contributed by atoms with Gasteiger partial charge in [0, 0.05) is 19.5 Å². The van der Waals surface area contributed by atoms with Gasteiger partial charge in [0.25, 0.3) is 0 Å². The molecule has 0 bridgehead atoms. The van der Waals surface area contributed by atoms with Gasteiger partial charge >= 0.3 is 0 Å². The molecule has 21 heavy (non-hydrogen) atoms. The average Bonchev–Trinajstić information content (AvgIpc) is 3.03. The lowest BCUT2D eigenvalue weighted by molar-refractivity contribution is 0.106. The molecule has 2 aromatic rings. The fraction of sp³-hybridized carbons (Fsp3) is 0.467. The Morgan fingerprint density at radius 3 is 2.81 bits per heavy atom. The van der Waals surface area contributed by atoms with Crippen molar-refractivity contribution in [1.82, 2.24) is 15.5 Å². The van der Waals surface area contributed by atoms with Gasteiger partial charge in [-0.2, -0.15) is 4.98 Å². The quantitative estimate of drug-likeness (QED) is 0.676. The van der Waals surface area contributed by atoms with Crippen LogP contribution in [0, 0.1) is 0 Å². The van der Waals surface area contributed by atoms with E-state index in [1.807, 2.05) is 24.3 Å². The van der Waals surface area contributed by atoms with Crippen LogP contribution in [0.4, 0.5) is 0 Å². The van der Waals surface area contributed by atoms with Crippen LogP contribution in [0.3, 0.4) is 0 Å². The maximum Gasteiger partial charge on any atom is 0.213 e. The molecule has 6 nitrogen and oxygen atoms in total. The molecule has 0 saturated carbocycles. The van der Waals surface area contributed by atoms with Gasteiger partial charge in [0.2, 0.25) is 6.39 Å². The number of nitrogens with one attached hydrogen (secondary N) is 1. The number of benzene rings is 1. The fourth-order valence-electron chi connectivity index (χ4n) is 1.84. The van der Waals surface area contributed by atoms with Crippen LogP contribution in [0.1, 0.15) is 18.3 Å². The molecule has 2 rings (SSSR count). The van der Waals surface area contributed by atoms with Crippen molar-refractivity contribution in [3.05, 3.63) is 42.0 Å². The Morgan fingerprint density at radius 2 is 2.14 bits per heavy atom. The first kappa shape index (κ1) is 15.5. The minimum absolute atomic E-state index is 0.265. The second-order valence-electron chi connectivity index (χ2n) is 4.76. The lowest BCUT2D eigenvalue weighted by Crippen LogP contribution is -2.32. The summed E-state index contributed by atoms with van der Waals surface area (Å²) in [7, 11) is 0. The van der Waals surface area contributed by atoms with Crippen LogP contribution in [0.25, 0.3) is 0 Å². The summed E-state index contributed by atoms with van der Waals surface area (Å²) in [4.78, 5) is 3.92. The molecule has 2 N–H and O–H groups in total. The third kappa shape index (κ3) is 5.53. The van der Waals surface area contributed by atoms with E-state index in [4.69, 9.17) is 4.74 Å². The summed E-state index contributed by atoms with van der Waals surface area (Å²) in [5.41, 5.74) is 1.27. The van der Waals surface area contributed by atoms with E-state index in [1.54, 1.807) is 0 Å². The van der Waals surface area contributed by atoms with Gasteiger partial charge in [-0.25, -0.2) is 0 Å². The van der Waals surface area contributed by atoms with E-state index in [0.29, 0.717) is 25.3 Å². The Labute approximate surface area is 124 Å². The summed E-state index contributed by atoms with van der Waals surface area (Å²) in [5, 5.41) is 16.7.